The Morgan fingerprint density at radius 1 is 0.447 bits per heavy atom. The van der Waals surface area contributed by atoms with E-state index >= 15 is 0 Å². The lowest BCUT2D eigenvalue weighted by Crippen LogP contribution is -1.99. The van der Waals surface area contributed by atoms with E-state index in [0.29, 0.717) is 13.4 Å². The lowest BCUT2D eigenvalue weighted by atomic mass is 10.0. The van der Waals surface area contributed by atoms with Crippen molar-refractivity contribution in [3.63, 3.8) is 0 Å². The number of aromatic nitrogens is 1. The Morgan fingerprint density at radius 2 is 0.915 bits per heavy atom. The highest BCUT2D eigenvalue weighted by Gasteiger charge is 2.12. The Hall–Kier alpha value is -6.04. The number of nitrogens with one attached hydrogen (secondary N) is 1. The molecule has 4 nitrogen and oxygen atoms in total. The minimum Gasteiger partial charge on any atom is -0.537 e. The number of benzene rings is 7. The van der Waals surface area contributed by atoms with Crippen molar-refractivity contribution in [2.45, 2.75) is 0 Å². The lowest BCUT2D eigenvalue weighted by Gasteiger charge is -2.09. The fraction of sp³-hybridized carbons (Fsp3) is 0. The average molecular weight is 608 g/mol. The van der Waals surface area contributed by atoms with Crippen LogP contribution in [0.25, 0.3) is 49.7 Å². The zero-order chi connectivity index (χ0) is 31.8. The minimum absolute atomic E-state index is 0.617. The highest BCUT2D eigenvalue weighted by Crippen LogP contribution is 2.34. The quantitative estimate of drug-likeness (QED) is 0.177. The number of rotatable bonds is 7. The second kappa shape index (κ2) is 13.9. The molecule has 0 bridgehead atoms. The second-order valence-corrected chi connectivity index (χ2v) is 11.1. The maximum atomic E-state index is 8.84. The molecule has 0 spiro atoms. The van der Waals surface area contributed by atoms with E-state index in [4.69, 9.17) is 9.68 Å². The Labute approximate surface area is 275 Å². The fourth-order valence-corrected chi connectivity index (χ4v) is 5.86. The summed E-state index contributed by atoms with van der Waals surface area (Å²) in [6.07, 6.45) is 0. The molecule has 0 amide bonds. The lowest BCUT2D eigenvalue weighted by molar-refractivity contribution is 0.454. The largest absolute Gasteiger partial charge is 0.569 e. The van der Waals surface area contributed by atoms with Crippen LogP contribution in [0.3, 0.4) is 0 Å². The molecule has 0 atom stereocenters. The van der Waals surface area contributed by atoms with Crippen LogP contribution in [0, 0.1) is 0 Å². The first-order chi connectivity index (χ1) is 23.3. The Bertz CT molecular complexity index is 2120. The van der Waals surface area contributed by atoms with Gasteiger partial charge in [-0.1, -0.05) is 121 Å². The third kappa shape index (κ3) is 6.67. The monoisotopic (exact) mass is 607 g/mol. The molecule has 7 aromatic carbocycles. The number of nitrogens with zero attached hydrogens (tertiary/aromatic N) is 1. The van der Waals surface area contributed by atoms with E-state index in [2.05, 4.69) is 131 Å². The number of fused-ring (bicyclic) bond motifs is 3. The van der Waals surface area contributed by atoms with Gasteiger partial charge in [0.05, 0.1) is 11.0 Å². The Balaban J connectivity index is 0.000000151. The van der Waals surface area contributed by atoms with Crippen molar-refractivity contribution < 1.29 is 9.68 Å². The van der Waals surface area contributed by atoms with E-state index < -0.39 is 0 Å². The van der Waals surface area contributed by atoms with Gasteiger partial charge in [0, 0.05) is 27.8 Å². The van der Waals surface area contributed by atoms with E-state index in [1.165, 1.54) is 22.3 Å². The van der Waals surface area contributed by atoms with Gasteiger partial charge in [0.15, 0.2) is 0 Å². The molecule has 0 fully saturated rings. The number of hydrogen-bond donors (Lipinski definition) is 2. The number of anilines is 2. The summed E-state index contributed by atoms with van der Waals surface area (Å²) >= 11 is 0. The number of hydrogen-bond acceptors (Lipinski definition) is 3. The minimum atomic E-state index is 0.617. The Morgan fingerprint density at radius 3 is 1.47 bits per heavy atom. The maximum absolute atomic E-state index is 8.84. The number of para-hydroxylation sites is 2. The molecule has 8 aromatic rings. The van der Waals surface area contributed by atoms with E-state index in [1.54, 1.807) is 0 Å². The van der Waals surface area contributed by atoms with Crippen molar-refractivity contribution in [3.8, 4) is 33.7 Å². The van der Waals surface area contributed by atoms with Crippen LogP contribution in [0.15, 0.2) is 182 Å². The van der Waals surface area contributed by atoms with Gasteiger partial charge >= 0.3 is 7.69 Å². The molecule has 0 aliphatic carbocycles. The highest BCUT2D eigenvalue weighted by molar-refractivity contribution is 6.17. The summed E-state index contributed by atoms with van der Waals surface area (Å²) in [6, 6.07) is 62.3. The molecule has 0 saturated carbocycles. The van der Waals surface area contributed by atoms with Crippen LogP contribution >= 0.6 is 0 Å². The molecule has 0 aliphatic rings. The fourth-order valence-electron chi connectivity index (χ4n) is 5.86. The Kier molecular flexibility index (Phi) is 8.80. The summed E-state index contributed by atoms with van der Waals surface area (Å²) in [5.74, 6) is 0.617. The third-order valence-electron chi connectivity index (χ3n) is 8.12. The molecule has 2 N–H and O–H groups in total. The molecule has 0 aliphatic heterocycles. The normalized spacial score (nSPS) is 10.7. The van der Waals surface area contributed by atoms with Gasteiger partial charge in [-0.3, -0.25) is 0 Å². The highest BCUT2D eigenvalue weighted by atomic mass is 16.5. The van der Waals surface area contributed by atoms with Crippen molar-refractivity contribution in [2.24, 2.45) is 0 Å². The second-order valence-electron chi connectivity index (χ2n) is 11.1. The van der Waals surface area contributed by atoms with Crippen molar-refractivity contribution in [1.82, 2.24) is 4.57 Å². The van der Waals surface area contributed by atoms with Crippen LogP contribution in [0.4, 0.5) is 11.4 Å². The molecule has 8 rings (SSSR count). The molecule has 0 unspecified atom stereocenters. The SMILES string of the molecule is O[B]Oc1ccc2c(c1)c1ccccc1n2-c1ccccc1.c1ccc(-c2ccc(Nc3ccc(-c4ccccc4)cc3)cc2)cc1. The first-order valence-corrected chi connectivity index (χ1v) is 15.6. The summed E-state index contributed by atoms with van der Waals surface area (Å²) in [7, 11) is 0.706. The summed E-state index contributed by atoms with van der Waals surface area (Å²) in [5, 5.41) is 14.6. The van der Waals surface area contributed by atoms with Gasteiger partial charge < -0.3 is 19.6 Å². The molecule has 1 aromatic heterocycles. The van der Waals surface area contributed by atoms with Crippen LogP contribution in [-0.4, -0.2) is 17.3 Å². The predicted octanol–water partition coefficient (Wildman–Crippen LogP) is 10.5. The van der Waals surface area contributed by atoms with Gasteiger partial charge in [0.2, 0.25) is 0 Å². The third-order valence-corrected chi connectivity index (χ3v) is 8.12. The van der Waals surface area contributed by atoms with Crippen molar-refractivity contribution in [3.05, 3.63) is 182 Å². The first-order valence-electron chi connectivity index (χ1n) is 15.6. The topological polar surface area (TPSA) is 46.4 Å². The predicted molar refractivity (Wildman–Crippen MR) is 196 cm³/mol. The smallest absolute Gasteiger partial charge is 0.537 e. The van der Waals surface area contributed by atoms with Gasteiger partial charge in [-0.05, 0) is 82.9 Å². The van der Waals surface area contributed by atoms with Crippen LogP contribution in [0.1, 0.15) is 0 Å². The van der Waals surface area contributed by atoms with E-state index in [9.17, 15) is 0 Å². The molecule has 0 saturated heterocycles. The van der Waals surface area contributed by atoms with Gasteiger partial charge in [0.1, 0.15) is 5.75 Å². The summed E-state index contributed by atoms with van der Waals surface area (Å²) in [6.45, 7) is 0. The van der Waals surface area contributed by atoms with Crippen molar-refractivity contribution in [1.29, 1.82) is 0 Å². The van der Waals surface area contributed by atoms with Crippen LogP contribution in [0.2, 0.25) is 0 Å². The van der Waals surface area contributed by atoms with Crippen LogP contribution in [-0.2, 0) is 0 Å². The van der Waals surface area contributed by atoms with Crippen molar-refractivity contribution in [2.75, 3.05) is 5.32 Å². The van der Waals surface area contributed by atoms with Crippen LogP contribution in [0.5, 0.6) is 5.75 Å². The van der Waals surface area contributed by atoms with Crippen LogP contribution < -0.4 is 9.97 Å². The van der Waals surface area contributed by atoms with E-state index in [-0.39, 0.29) is 0 Å². The molecule has 47 heavy (non-hydrogen) atoms. The summed E-state index contributed by atoms with van der Waals surface area (Å²) < 4.78 is 7.33. The van der Waals surface area contributed by atoms with E-state index in [1.807, 2.05) is 60.7 Å². The van der Waals surface area contributed by atoms with Gasteiger partial charge in [-0.25, -0.2) is 0 Å². The van der Waals surface area contributed by atoms with Gasteiger partial charge in [-0.2, -0.15) is 0 Å². The molecule has 1 radical (unpaired) electrons. The van der Waals surface area contributed by atoms with E-state index in [0.717, 1.165) is 38.9 Å². The summed E-state index contributed by atoms with van der Waals surface area (Å²) in [5.41, 5.74) is 10.5. The molecular weight excluding hydrogens is 575 g/mol. The van der Waals surface area contributed by atoms with Gasteiger partial charge in [0.25, 0.3) is 0 Å². The zero-order valence-corrected chi connectivity index (χ0v) is 25.7. The van der Waals surface area contributed by atoms with Gasteiger partial charge in [-0.15, -0.1) is 0 Å². The zero-order valence-electron chi connectivity index (χ0n) is 25.7. The maximum Gasteiger partial charge on any atom is 0.569 e. The summed E-state index contributed by atoms with van der Waals surface area (Å²) in [4.78, 5) is 0. The van der Waals surface area contributed by atoms with Crippen molar-refractivity contribution >= 4 is 40.9 Å². The molecule has 5 heteroatoms. The molecule has 225 valence electrons. The molecule has 1 heterocycles. The standard InChI is InChI=1S/C24H19N.C18H13BNO2/c1-3-7-19(8-4-1)21-11-15-23(16-12-21)25-24-17-13-22(14-18-24)20-9-5-2-6-10-20;21-19-22-14-10-11-18-16(12-14)15-8-4-5-9-17(15)20(18)13-6-2-1-3-7-13/h1-18,25H;1-12,21H. The molecular formula is C42H32BN2O2. The average Bonchev–Trinajstić information content (AvgIpc) is 3.47. The first kappa shape index (κ1) is 29.7.